The predicted molar refractivity (Wildman–Crippen MR) is 39.8 cm³/mol. The topological polar surface area (TPSA) is 63.3 Å². The number of nitrogens with zero attached hydrogens (tertiary/aromatic N) is 1. The van der Waals surface area contributed by atoms with Crippen molar-refractivity contribution in [2.75, 3.05) is 0 Å². The van der Waals surface area contributed by atoms with Gasteiger partial charge in [-0.05, 0) is 18.2 Å². The third kappa shape index (κ3) is 0.934. The molecule has 4 heteroatoms. The van der Waals surface area contributed by atoms with Gasteiger partial charge in [0.05, 0.1) is 5.56 Å². The Morgan fingerprint density at radius 3 is 3.17 bits per heavy atom. The lowest BCUT2D eigenvalue weighted by Crippen LogP contribution is -1.94. The fraction of sp³-hybridized carbons (Fsp3) is 0. The van der Waals surface area contributed by atoms with Crippen LogP contribution in [0.3, 0.4) is 0 Å². The van der Waals surface area contributed by atoms with Crippen molar-refractivity contribution in [2.24, 2.45) is 0 Å². The first-order chi connectivity index (χ1) is 5.77. The average Bonchev–Trinajstić information content (AvgIpc) is 2.49. The molecule has 12 heavy (non-hydrogen) atoms. The van der Waals surface area contributed by atoms with Gasteiger partial charge in [-0.2, -0.15) is 0 Å². The Bertz CT molecular complexity index is 433. The monoisotopic (exact) mass is 162 g/mol. The minimum absolute atomic E-state index is 0.188. The van der Waals surface area contributed by atoms with E-state index in [4.69, 9.17) is 9.52 Å². The predicted octanol–water partition coefficient (Wildman–Crippen LogP) is 1.33. The van der Waals surface area contributed by atoms with Crippen LogP contribution in [0.5, 0.6) is 0 Å². The van der Waals surface area contributed by atoms with Gasteiger partial charge in [-0.1, -0.05) is 0 Å². The van der Waals surface area contributed by atoms with E-state index in [2.05, 4.69) is 11.4 Å². The number of fused-ring (bicyclic) bond motifs is 1. The van der Waals surface area contributed by atoms with Crippen LogP contribution in [0.1, 0.15) is 10.4 Å². The summed E-state index contributed by atoms with van der Waals surface area (Å²) in [7, 11) is 0. The highest BCUT2D eigenvalue weighted by atomic mass is 16.4. The Kier molecular flexibility index (Phi) is 1.33. The lowest BCUT2D eigenvalue weighted by atomic mass is 10.2. The molecule has 0 aliphatic carbocycles. The van der Waals surface area contributed by atoms with Crippen molar-refractivity contribution in [3.05, 3.63) is 30.2 Å². The first-order valence-corrected chi connectivity index (χ1v) is 3.27. The summed E-state index contributed by atoms with van der Waals surface area (Å²) in [6.07, 6.45) is 2.29. The number of hydrogen-bond acceptors (Lipinski definition) is 3. The van der Waals surface area contributed by atoms with Crippen LogP contribution in [-0.4, -0.2) is 16.1 Å². The molecule has 0 amide bonds. The first-order valence-electron chi connectivity index (χ1n) is 3.27. The highest BCUT2D eigenvalue weighted by molar-refractivity contribution is 5.91. The lowest BCUT2D eigenvalue weighted by Gasteiger charge is -1.90. The number of carbonyl (C=O) groups is 1. The van der Waals surface area contributed by atoms with E-state index < -0.39 is 5.97 Å². The second kappa shape index (κ2) is 2.34. The number of aromatic carboxylic acids is 1. The SMILES string of the molecule is O=C(O)c1ccc2n[c]oc2c1. The van der Waals surface area contributed by atoms with Crippen LogP contribution in [0.15, 0.2) is 22.6 Å². The van der Waals surface area contributed by atoms with Gasteiger partial charge >= 0.3 is 5.97 Å². The number of oxazole rings is 1. The van der Waals surface area contributed by atoms with E-state index in [0.29, 0.717) is 11.1 Å². The minimum Gasteiger partial charge on any atom is -0.478 e. The van der Waals surface area contributed by atoms with Gasteiger partial charge in [0.1, 0.15) is 5.52 Å². The van der Waals surface area contributed by atoms with E-state index in [-0.39, 0.29) is 5.56 Å². The molecular formula is C8H4NO3. The van der Waals surface area contributed by atoms with E-state index in [1.54, 1.807) is 6.07 Å². The molecule has 2 aromatic rings. The van der Waals surface area contributed by atoms with E-state index in [1.165, 1.54) is 12.1 Å². The van der Waals surface area contributed by atoms with Crippen molar-refractivity contribution in [2.45, 2.75) is 0 Å². The molecule has 0 saturated heterocycles. The second-order valence-electron chi connectivity index (χ2n) is 2.29. The van der Waals surface area contributed by atoms with E-state index >= 15 is 0 Å². The standard InChI is InChI=1S/C8H4NO3/c10-8(11)5-1-2-6-7(3-5)12-4-9-6/h1-3H,(H,10,11). The molecule has 0 atom stereocenters. The number of hydrogen-bond donors (Lipinski definition) is 1. The van der Waals surface area contributed by atoms with Gasteiger partial charge in [0, 0.05) is 0 Å². The van der Waals surface area contributed by atoms with Crippen molar-refractivity contribution in [3.8, 4) is 0 Å². The quantitative estimate of drug-likeness (QED) is 0.686. The molecule has 0 saturated carbocycles. The summed E-state index contributed by atoms with van der Waals surface area (Å²) in [6, 6.07) is 4.47. The van der Waals surface area contributed by atoms with Gasteiger partial charge in [-0.25, -0.2) is 9.78 Å². The van der Waals surface area contributed by atoms with E-state index in [0.717, 1.165) is 0 Å². The molecule has 1 N–H and O–H groups in total. The van der Waals surface area contributed by atoms with Crippen LogP contribution in [0.2, 0.25) is 0 Å². The normalized spacial score (nSPS) is 10.3. The maximum atomic E-state index is 10.5. The summed E-state index contributed by atoms with van der Waals surface area (Å²) in [6.45, 7) is 0. The Balaban J connectivity index is 2.68. The van der Waals surface area contributed by atoms with Crippen LogP contribution in [0.4, 0.5) is 0 Å². The van der Waals surface area contributed by atoms with Crippen LogP contribution in [0, 0.1) is 6.39 Å². The molecule has 2 rings (SSSR count). The number of carboxylic acid groups (broad SMARTS) is 1. The van der Waals surface area contributed by atoms with Gasteiger partial charge in [0.15, 0.2) is 5.58 Å². The number of rotatable bonds is 1. The maximum Gasteiger partial charge on any atom is 0.335 e. The largest absolute Gasteiger partial charge is 0.478 e. The Labute approximate surface area is 67.4 Å². The van der Waals surface area contributed by atoms with Crippen molar-refractivity contribution in [1.82, 2.24) is 4.98 Å². The molecule has 0 fully saturated rings. The summed E-state index contributed by atoms with van der Waals surface area (Å²) in [5.41, 5.74) is 1.24. The fourth-order valence-electron chi connectivity index (χ4n) is 0.942. The van der Waals surface area contributed by atoms with Crippen LogP contribution < -0.4 is 0 Å². The van der Waals surface area contributed by atoms with Gasteiger partial charge in [-0.15, -0.1) is 0 Å². The van der Waals surface area contributed by atoms with E-state index in [9.17, 15) is 4.79 Å². The third-order valence-corrected chi connectivity index (χ3v) is 1.53. The molecule has 1 heterocycles. The molecule has 0 bridgehead atoms. The third-order valence-electron chi connectivity index (χ3n) is 1.53. The summed E-state index contributed by atoms with van der Waals surface area (Å²) < 4.78 is 4.81. The molecule has 1 aromatic carbocycles. The average molecular weight is 162 g/mol. The van der Waals surface area contributed by atoms with E-state index in [1.807, 2.05) is 0 Å². The zero-order valence-corrected chi connectivity index (χ0v) is 5.94. The summed E-state index contributed by atoms with van der Waals surface area (Å²) in [4.78, 5) is 14.2. The van der Waals surface area contributed by atoms with Gasteiger partial charge < -0.3 is 9.52 Å². The molecule has 59 valence electrons. The molecule has 0 unspecified atom stereocenters. The Morgan fingerprint density at radius 2 is 2.42 bits per heavy atom. The number of carboxylic acids is 1. The molecule has 1 aromatic heterocycles. The molecule has 4 nitrogen and oxygen atoms in total. The molecule has 0 spiro atoms. The first kappa shape index (κ1) is 6.84. The summed E-state index contributed by atoms with van der Waals surface area (Å²) in [5, 5.41) is 8.61. The Morgan fingerprint density at radius 1 is 1.58 bits per heavy atom. The molecule has 0 aliphatic heterocycles. The van der Waals surface area contributed by atoms with Crippen LogP contribution in [-0.2, 0) is 0 Å². The fourth-order valence-corrected chi connectivity index (χ4v) is 0.942. The highest BCUT2D eigenvalue weighted by Gasteiger charge is 2.05. The zero-order valence-electron chi connectivity index (χ0n) is 5.94. The lowest BCUT2D eigenvalue weighted by molar-refractivity contribution is 0.0697. The van der Waals surface area contributed by atoms with Crippen molar-refractivity contribution in [3.63, 3.8) is 0 Å². The van der Waals surface area contributed by atoms with Crippen LogP contribution in [0.25, 0.3) is 11.1 Å². The molecule has 1 radical (unpaired) electrons. The van der Waals surface area contributed by atoms with Crippen LogP contribution >= 0.6 is 0 Å². The van der Waals surface area contributed by atoms with Gasteiger partial charge in [0.25, 0.3) is 6.39 Å². The van der Waals surface area contributed by atoms with Crippen molar-refractivity contribution >= 4 is 17.1 Å². The smallest absolute Gasteiger partial charge is 0.335 e. The number of benzene rings is 1. The zero-order chi connectivity index (χ0) is 8.55. The van der Waals surface area contributed by atoms with Gasteiger partial charge in [0.2, 0.25) is 0 Å². The summed E-state index contributed by atoms with van der Waals surface area (Å²) in [5.74, 6) is -0.978. The maximum absolute atomic E-state index is 10.5. The Hall–Kier alpha value is -1.84. The van der Waals surface area contributed by atoms with Gasteiger partial charge in [-0.3, -0.25) is 0 Å². The molecule has 0 aliphatic rings. The summed E-state index contributed by atoms with van der Waals surface area (Å²) >= 11 is 0. The highest BCUT2D eigenvalue weighted by Crippen LogP contribution is 2.13. The van der Waals surface area contributed by atoms with Crippen molar-refractivity contribution in [1.29, 1.82) is 0 Å². The number of aromatic nitrogens is 1. The second-order valence-corrected chi connectivity index (χ2v) is 2.29. The molecular weight excluding hydrogens is 158 g/mol. The van der Waals surface area contributed by atoms with Crippen molar-refractivity contribution < 1.29 is 14.3 Å². The minimum atomic E-state index is -0.978.